The fraction of sp³-hybridized carbons (Fsp3) is 0.359. The average Bonchev–Trinajstić information content (AvgIpc) is 3.02. The van der Waals surface area contributed by atoms with Gasteiger partial charge in [-0.2, -0.15) is 0 Å². The molecule has 4 aromatic carbocycles. The van der Waals surface area contributed by atoms with E-state index in [1.807, 2.05) is 27.7 Å². The largest absolute Gasteiger partial charge is 0.444 e. The zero-order chi connectivity index (χ0) is 31.3. The van der Waals surface area contributed by atoms with Crippen LogP contribution in [0.15, 0.2) is 121 Å². The van der Waals surface area contributed by atoms with Gasteiger partial charge in [-0.15, -0.1) is 0 Å². The highest BCUT2D eigenvalue weighted by atomic mass is 16.6. The molecule has 44 heavy (non-hydrogen) atoms. The first-order chi connectivity index (χ1) is 21.3. The number of benzene rings is 4. The first kappa shape index (κ1) is 33.0. The zero-order valence-corrected chi connectivity index (χ0v) is 26.7. The van der Waals surface area contributed by atoms with Gasteiger partial charge in [-0.05, 0) is 75.8 Å². The first-order valence-electron chi connectivity index (χ1n) is 15.8. The lowest BCUT2D eigenvalue weighted by Gasteiger charge is -2.36. The van der Waals surface area contributed by atoms with Crippen molar-refractivity contribution >= 4 is 6.09 Å². The highest BCUT2D eigenvalue weighted by Gasteiger charge is 2.37. The molecule has 4 aromatic rings. The number of carbonyl (C=O) groups is 1. The molecule has 4 rings (SSSR count). The minimum atomic E-state index is -0.698. The normalized spacial score (nSPS) is 12.6. The van der Waals surface area contributed by atoms with Crippen molar-refractivity contribution in [2.24, 2.45) is 0 Å². The van der Waals surface area contributed by atoms with Gasteiger partial charge in [0.2, 0.25) is 0 Å². The van der Waals surface area contributed by atoms with Gasteiger partial charge in [0, 0.05) is 25.7 Å². The quantitative estimate of drug-likeness (QED) is 0.111. The molecule has 5 nitrogen and oxygen atoms in total. The Morgan fingerprint density at radius 1 is 0.705 bits per heavy atom. The summed E-state index contributed by atoms with van der Waals surface area (Å²) in [5.41, 5.74) is 3.44. The second-order valence-corrected chi connectivity index (χ2v) is 12.4. The van der Waals surface area contributed by atoms with Gasteiger partial charge in [-0.1, -0.05) is 121 Å². The first-order valence-corrected chi connectivity index (χ1v) is 15.8. The number of nitrogens with one attached hydrogen (secondary N) is 1. The molecule has 0 aromatic heterocycles. The monoisotopic (exact) mass is 592 g/mol. The Morgan fingerprint density at radius 2 is 1.18 bits per heavy atom. The number of unbranched alkanes of at least 4 members (excludes halogenated alkanes) is 1. The molecular formula is C39H48N2O3. The van der Waals surface area contributed by atoms with E-state index in [2.05, 4.69) is 132 Å². The van der Waals surface area contributed by atoms with E-state index in [-0.39, 0.29) is 12.1 Å². The molecule has 0 aliphatic heterocycles. The van der Waals surface area contributed by atoms with Crippen molar-refractivity contribution in [2.75, 3.05) is 19.7 Å². The fourth-order valence-corrected chi connectivity index (χ4v) is 5.50. The smallest absolute Gasteiger partial charge is 0.407 e. The number of rotatable bonds is 15. The van der Waals surface area contributed by atoms with E-state index in [1.165, 1.54) is 5.56 Å². The molecule has 1 amide bonds. The third-order valence-electron chi connectivity index (χ3n) is 7.62. The molecule has 0 aliphatic carbocycles. The number of nitrogens with zero attached hydrogens (tertiary/aromatic N) is 1. The molecule has 0 fully saturated rings. The third kappa shape index (κ3) is 9.80. The lowest BCUT2D eigenvalue weighted by molar-refractivity contribution is 0.00981. The third-order valence-corrected chi connectivity index (χ3v) is 7.62. The van der Waals surface area contributed by atoms with Gasteiger partial charge in [-0.25, -0.2) is 4.79 Å². The number of ether oxygens (including phenoxy) is 2. The van der Waals surface area contributed by atoms with Crippen molar-refractivity contribution < 1.29 is 14.3 Å². The van der Waals surface area contributed by atoms with Crippen LogP contribution in [0, 0.1) is 0 Å². The molecule has 0 spiro atoms. The van der Waals surface area contributed by atoms with Crippen molar-refractivity contribution in [3.63, 3.8) is 0 Å². The summed E-state index contributed by atoms with van der Waals surface area (Å²) in [6, 6.07) is 42.2. The summed E-state index contributed by atoms with van der Waals surface area (Å²) >= 11 is 0. The molecule has 0 saturated carbocycles. The van der Waals surface area contributed by atoms with Crippen LogP contribution in [0.1, 0.15) is 69.2 Å². The second kappa shape index (κ2) is 16.2. The highest BCUT2D eigenvalue weighted by molar-refractivity contribution is 5.68. The Kier molecular flexibility index (Phi) is 12.2. The lowest BCUT2D eigenvalue weighted by Crippen LogP contribution is -2.39. The summed E-state index contributed by atoms with van der Waals surface area (Å²) in [5, 5.41) is 2.99. The van der Waals surface area contributed by atoms with Crippen LogP contribution in [0.3, 0.4) is 0 Å². The fourth-order valence-electron chi connectivity index (χ4n) is 5.50. The van der Waals surface area contributed by atoms with E-state index < -0.39 is 11.2 Å². The maximum Gasteiger partial charge on any atom is 0.407 e. The summed E-state index contributed by atoms with van der Waals surface area (Å²) in [4.78, 5) is 14.8. The average molecular weight is 593 g/mol. The number of amides is 1. The number of alkyl carbamates (subject to hydrolysis) is 1. The van der Waals surface area contributed by atoms with Crippen molar-refractivity contribution in [3.05, 3.63) is 144 Å². The standard InChI is InChI=1S/C39H48N2O3/c1-32(40-37(42)44-38(2,3)4)27-29-41(31-33-19-9-5-10-20-33)28-17-18-30-43-39(34-21-11-6-12-22-34,35-23-13-7-14-24-35)36-25-15-8-16-26-36/h5-16,19-26,32H,17-18,27-31H2,1-4H3,(H,40,42)/t32-/m1/s1. The molecule has 1 atom stereocenters. The van der Waals surface area contributed by atoms with E-state index in [1.54, 1.807) is 0 Å². The predicted molar refractivity (Wildman–Crippen MR) is 180 cm³/mol. The zero-order valence-electron chi connectivity index (χ0n) is 26.7. The van der Waals surface area contributed by atoms with Gasteiger partial charge in [0.15, 0.2) is 0 Å². The van der Waals surface area contributed by atoms with Crippen LogP contribution in [0.2, 0.25) is 0 Å². The molecule has 5 heteroatoms. The minimum absolute atomic E-state index is 0.00897. The van der Waals surface area contributed by atoms with Crippen LogP contribution in [0.5, 0.6) is 0 Å². The Hall–Kier alpha value is -3.93. The predicted octanol–water partition coefficient (Wildman–Crippen LogP) is 8.58. The van der Waals surface area contributed by atoms with E-state index in [4.69, 9.17) is 9.47 Å². The van der Waals surface area contributed by atoms with Gasteiger partial charge in [-0.3, -0.25) is 4.90 Å². The van der Waals surface area contributed by atoms with E-state index in [0.717, 1.165) is 55.6 Å². The second-order valence-electron chi connectivity index (χ2n) is 12.4. The van der Waals surface area contributed by atoms with Gasteiger partial charge in [0.05, 0.1) is 0 Å². The maximum absolute atomic E-state index is 12.3. The van der Waals surface area contributed by atoms with Crippen LogP contribution < -0.4 is 5.32 Å². The van der Waals surface area contributed by atoms with Crippen LogP contribution in [0.25, 0.3) is 0 Å². The summed E-state index contributed by atoms with van der Waals surface area (Å²) in [5.74, 6) is 0. The molecule has 0 saturated heterocycles. The van der Waals surface area contributed by atoms with Crippen molar-refractivity contribution in [2.45, 2.75) is 70.7 Å². The van der Waals surface area contributed by atoms with Crippen LogP contribution in [0.4, 0.5) is 4.79 Å². The molecule has 0 heterocycles. The topological polar surface area (TPSA) is 50.8 Å². The van der Waals surface area contributed by atoms with Gasteiger partial charge >= 0.3 is 6.09 Å². The van der Waals surface area contributed by atoms with Crippen molar-refractivity contribution in [3.8, 4) is 0 Å². The van der Waals surface area contributed by atoms with Crippen molar-refractivity contribution in [1.82, 2.24) is 10.2 Å². The SMILES string of the molecule is C[C@H](CCN(CCCCOC(c1ccccc1)(c1ccccc1)c1ccccc1)Cc1ccccc1)NC(=O)OC(C)(C)C. The molecule has 0 unspecified atom stereocenters. The number of carbonyl (C=O) groups excluding carboxylic acids is 1. The molecule has 232 valence electrons. The summed E-state index contributed by atoms with van der Waals surface area (Å²) in [6.07, 6.45) is 2.39. The summed E-state index contributed by atoms with van der Waals surface area (Å²) < 4.78 is 12.4. The summed E-state index contributed by atoms with van der Waals surface area (Å²) in [6.45, 7) is 11.0. The van der Waals surface area contributed by atoms with Crippen LogP contribution >= 0.6 is 0 Å². The van der Waals surface area contributed by atoms with Gasteiger partial charge in [0.1, 0.15) is 11.2 Å². The number of hydrogen-bond donors (Lipinski definition) is 1. The van der Waals surface area contributed by atoms with E-state index in [9.17, 15) is 4.79 Å². The van der Waals surface area contributed by atoms with Crippen LogP contribution in [-0.2, 0) is 21.6 Å². The van der Waals surface area contributed by atoms with Crippen LogP contribution in [-0.4, -0.2) is 42.3 Å². The Morgan fingerprint density at radius 3 is 1.66 bits per heavy atom. The molecule has 1 N–H and O–H groups in total. The van der Waals surface area contributed by atoms with Gasteiger partial charge in [0.25, 0.3) is 0 Å². The Bertz CT molecular complexity index is 1280. The lowest BCUT2D eigenvalue weighted by atomic mass is 9.80. The molecular weight excluding hydrogens is 544 g/mol. The molecule has 0 bridgehead atoms. The maximum atomic E-state index is 12.3. The van der Waals surface area contributed by atoms with E-state index >= 15 is 0 Å². The van der Waals surface area contributed by atoms with Gasteiger partial charge < -0.3 is 14.8 Å². The Labute approximate surface area is 264 Å². The molecule has 0 aliphatic rings. The summed E-state index contributed by atoms with van der Waals surface area (Å²) in [7, 11) is 0. The number of hydrogen-bond acceptors (Lipinski definition) is 4. The Balaban J connectivity index is 1.42. The highest BCUT2D eigenvalue weighted by Crippen LogP contribution is 2.40. The molecule has 0 radical (unpaired) electrons. The van der Waals surface area contributed by atoms with E-state index in [0.29, 0.717) is 6.61 Å². The van der Waals surface area contributed by atoms with Crippen molar-refractivity contribution in [1.29, 1.82) is 0 Å². The minimum Gasteiger partial charge on any atom is -0.444 e.